The zero-order chi connectivity index (χ0) is 14.2. The third-order valence-electron chi connectivity index (χ3n) is 4.21. The van der Waals surface area contributed by atoms with Crippen LogP contribution in [0.2, 0.25) is 0 Å². The van der Waals surface area contributed by atoms with Gasteiger partial charge in [0.05, 0.1) is 10.1 Å². The molecule has 2 rings (SSSR count). The van der Waals surface area contributed by atoms with Gasteiger partial charge in [-0.1, -0.05) is 13.8 Å². The summed E-state index contributed by atoms with van der Waals surface area (Å²) in [7, 11) is -3.48. The molecule has 3 nitrogen and oxygen atoms in total. The van der Waals surface area contributed by atoms with E-state index in [1.165, 1.54) is 6.07 Å². The lowest BCUT2D eigenvalue weighted by molar-refractivity contribution is 0.278. The fourth-order valence-electron chi connectivity index (χ4n) is 2.72. The molecule has 1 fully saturated rings. The zero-order valence-electron chi connectivity index (χ0n) is 11.3. The van der Waals surface area contributed by atoms with Crippen LogP contribution >= 0.6 is 0 Å². The molecule has 0 amide bonds. The molecule has 0 saturated heterocycles. The van der Waals surface area contributed by atoms with Crippen LogP contribution in [0.4, 0.5) is 10.1 Å². The van der Waals surface area contributed by atoms with Crippen LogP contribution in [-0.2, 0) is 9.84 Å². The number of hydrogen-bond acceptors (Lipinski definition) is 3. The summed E-state index contributed by atoms with van der Waals surface area (Å²) in [6, 6.07) is 3.54. The van der Waals surface area contributed by atoms with E-state index >= 15 is 0 Å². The van der Waals surface area contributed by atoms with Gasteiger partial charge in [0.2, 0.25) is 0 Å². The number of rotatable bonds is 2. The minimum atomic E-state index is -3.48. The Hall–Kier alpha value is -1.10. The van der Waals surface area contributed by atoms with E-state index in [0.717, 1.165) is 18.6 Å². The molecule has 0 aromatic heterocycles. The van der Waals surface area contributed by atoms with Crippen molar-refractivity contribution in [2.45, 2.75) is 43.3 Å². The lowest BCUT2D eigenvalue weighted by Gasteiger charge is -2.31. The summed E-state index contributed by atoms with van der Waals surface area (Å²) in [5.41, 5.74) is 5.68. The Morgan fingerprint density at radius 3 is 2.42 bits per heavy atom. The number of anilines is 1. The van der Waals surface area contributed by atoms with Crippen LogP contribution in [0.25, 0.3) is 0 Å². The summed E-state index contributed by atoms with van der Waals surface area (Å²) in [5, 5.41) is -0.417. The highest BCUT2D eigenvalue weighted by atomic mass is 32.2. The zero-order valence-corrected chi connectivity index (χ0v) is 12.1. The van der Waals surface area contributed by atoms with Crippen LogP contribution in [-0.4, -0.2) is 13.7 Å². The van der Waals surface area contributed by atoms with Crippen molar-refractivity contribution < 1.29 is 12.8 Å². The standard InChI is InChI=1S/C14H20FNO2S/c1-9-3-4-13(5-10(9)2)19(17,18)14-7-11(15)6-12(16)8-14/h6-10,13H,3-5,16H2,1-2H3. The topological polar surface area (TPSA) is 60.2 Å². The fraction of sp³-hybridized carbons (Fsp3) is 0.571. The van der Waals surface area contributed by atoms with Gasteiger partial charge in [-0.3, -0.25) is 0 Å². The van der Waals surface area contributed by atoms with E-state index < -0.39 is 20.9 Å². The average molecular weight is 285 g/mol. The lowest BCUT2D eigenvalue weighted by Crippen LogP contribution is -2.31. The molecule has 106 valence electrons. The van der Waals surface area contributed by atoms with E-state index in [1.54, 1.807) is 0 Å². The third kappa shape index (κ3) is 2.91. The molecule has 0 heterocycles. The molecule has 1 aliphatic carbocycles. The Morgan fingerprint density at radius 2 is 1.84 bits per heavy atom. The Labute approximate surface area is 113 Å². The average Bonchev–Trinajstić information content (AvgIpc) is 2.31. The maximum atomic E-state index is 13.3. The third-order valence-corrected chi connectivity index (χ3v) is 6.41. The summed E-state index contributed by atoms with van der Waals surface area (Å²) in [4.78, 5) is 0.0109. The number of nitrogens with two attached hydrogens (primary N) is 1. The van der Waals surface area contributed by atoms with E-state index in [9.17, 15) is 12.8 Å². The summed E-state index contributed by atoms with van der Waals surface area (Å²) in [6.45, 7) is 4.22. The normalized spacial score (nSPS) is 28.3. The van der Waals surface area contributed by atoms with Crippen LogP contribution in [0.15, 0.2) is 23.1 Å². The first-order valence-electron chi connectivity index (χ1n) is 6.60. The van der Waals surface area contributed by atoms with Crippen molar-refractivity contribution in [3.63, 3.8) is 0 Å². The van der Waals surface area contributed by atoms with Crippen molar-refractivity contribution in [3.8, 4) is 0 Å². The maximum Gasteiger partial charge on any atom is 0.181 e. The smallest absolute Gasteiger partial charge is 0.181 e. The summed E-state index contributed by atoms with van der Waals surface area (Å²) < 4.78 is 38.4. The molecule has 1 aromatic carbocycles. The van der Waals surface area contributed by atoms with Crippen LogP contribution in [0.1, 0.15) is 33.1 Å². The Morgan fingerprint density at radius 1 is 1.16 bits per heavy atom. The molecule has 0 radical (unpaired) electrons. The second kappa shape index (κ2) is 5.12. The van der Waals surface area contributed by atoms with Crippen LogP contribution in [0.5, 0.6) is 0 Å². The van der Waals surface area contributed by atoms with Crippen molar-refractivity contribution in [3.05, 3.63) is 24.0 Å². The minimum Gasteiger partial charge on any atom is -0.399 e. The molecule has 0 spiro atoms. The molecule has 1 aromatic rings. The van der Waals surface area contributed by atoms with E-state index in [4.69, 9.17) is 5.73 Å². The van der Waals surface area contributed by atoms with Crippen molar-refractivity contribution in [1.82, 2.24) is 0 Å². The van der Waals surface area contributed by atoms with Crippen LogP contribution in [0.3, 0.4) is 0 Å². The van der Waals surface area contributed by atoms with E-state index in [1.807, 2.05) is 0 Å². The molecule has 19 heavy (non-hydrogen) atoms. The molecule has 3 unspecified atom stereocenters. The molecule has 2 N–H and O–H groups in total. The summed E-state index contributed by atoms with van der Waals surface area (Å²) in [5.74, 6) is 0.319. The fourth-order valence-corrected chi connectivity index (χ4v) is 4.69. The van der Waals surface area contributed by atoms with Crippen molar-refractivity contribution in [2.24, 2.45) is 11.8 Å². The summed E-state index contributed by atoms with van der Waals surface area (Å²) in [6.07, 6.45) is 2.18. The monoisotopic (exact) mass is 285 g/mol. The summed E-state index contributed by atoms with van der Waals surface area (Å²) >= 11 is 0. The van der Waals surface area contributed by atoms with Crippen molar-refractivity contribution >= 4 is 15.5 Å². The lowest BCUT2D eigenvalue weighted by atomic mass is 9.81. The minimum absolute atomic E-state index is 0.0109. The largest absolute Gasteiger partial charge is 0.399 e. The van der Waals surface area contributed by atoms with Gasteiger partial charge in [-0.25, -0.2) is 12.8 Å². The number of benzene rings is 1. The van der Waals surface area contributed by atoms with Gasteiger partial charge in [0.15, 0.2) is 9.84 Å². The highest BCUT2D eigenvalue weighted by Gasteiger charge is 2.34. The first kappa shape index (κ1) is 14.3. The number of halogens is 1. The molecule has 1 saturated carbocycles. The van der Waals surface area contributed by atoms with Gasteiger partial charge in [0, 0.05) is 5.69 Å². The van der Waals surface area contributed by atoms with Gasteiger partial charge in [-0.15, -0.1) is 0 Å². The Balaban J connectivity index is 2.32. The highest BCUT2D eigenvalue weighted by molar-refractivity contribution is 7.92. The second-order valence-corrected chi connectivity index (χ2v) is 7.88. The highest BCUT2D eigenvalue weighted by Crippen LogP contribution is 2.35. The van der Waals surface area contributed by atoms with E-state index in [-0.39, 0.29) is 10.6 Å². The van der Waals surface area contributed by atoms with Gasteiger partial charge in [0.1, 0.15) is 5.82 Å². The molecule has 0 aliphatic heterocycles. The Bertz CT molecular complexity index is 551. The van der Waals surface area contributed by atoms with Gasteiger partial charge in [-0.2, -0.15) is 0 Å². The first-order chi connectivity index (χ1) is 8.80. The second-order valence-electron chi connectivity index (χ2n) is 5.65. The van der Waals surface area contributed by atoms with Gasteiger partial charge >= 0.3 is 0 Å². The number of sulfone groups is 1. The van der Waals surface area contributed by atoms with Gasteiger partial charge in [0.25, 0.3) is 0 Å². The van der Waals surface area contributed by atoms with E-state index in [0.29, 0.717) is 24.7 Å². The van der Waals surface area contributed by atoms with Crippen LogP contribution < -0.4 is 5.73 Å². The molecule has 1 aliphatic rings. The first-order valence-corrected chi connectivity index (χ1v) is 8.15. The van der Waals surface area contributed by atoms with Crippen LogP contribution in [0, 0.1) is 17.7 Å². The van der Waals surface area contributed by atoms with Gasteiger partial charge in [-0.05, 0) is 49.3 Å². The molecule has 3 atom stereocenters. The van der Waals surface area contributed by atoms with Gasteiger partial charge < -0.3 is 5.73 Å². The Kier molecular flexibility index (Phi) is 3.85. The number of hydrogen-bond donors (Lipinski definition) is 1. The van der Waals surface area contributed by atoms with Crippen molar-refractivity contribution in [2.75, 3.05) is 5.73 Å². The van der Waals surface area contributed by atoms with E-state index in [2.05, 4.69) is 13.8 Å². The molecular weight excluding hydrogens is 265 g/mol. The predicted molar refractivity (Wildman–Crippen MR) is 74.0 cm³/mol. The number of nitrogen functional groups attached to an aromatic ring is 1. The molecule has 5 heteroatoms. The quantitative estimate of drug-likeness (QED) is 0.850. The maximum absolute atomic E-state index is 13.3. The molecule has 0 bridgehead atoms. The molecular formula is C14H20FNO2S. The predicted octanol–water partition coefficient (Wildman–Crippen LogP) is 3.01. The SMILES string of the molecule is CC1CCC(S(=O)(=O)c2cc(N)cc(F)c2)CC1C. The van der Waals surface area contributed by atoms with Crippen molar-refractivity contribution in [1.29, 1.82) is 0 Å².